The van der Waals surface area contributed by atoms with Crippen molar-refractivity contribution in [3.63, 3.8) is 0 Å². The molecule has 0 saturated heterocycles. The number of hydrogen-bond acceptors (Lipinski definition) is 3. The molecule has 4 rings (SSSR count). The molecule has 2 N–H and O–H groups in total. The molecule has 0 spiro atoms. The van der Waals surface area contributed by atoms with E-state index >= 15 is 0 Å². The summed E-state index contributed by atoms with van der Waals surface area (Å²) in [5.74, 6) is 0.0855. The van der Waals surface area contributed by atoms with Crippen molar-refractivity contribution in [2.75, 3.05) is 5.32 Å². The third-order valence-corrected chi connectivity index (χ3v) is 5.37. The summed E-state index contributed by atoms with van der Waals surface area (Å²) < 4.78 is 1.72. The molecule has 1 aromatic heterocycles. The van der Waals surface area contributed by atoms with Crippen LogP contribution in [0.5, 0.6) is 0 Å². The fraction of sp³-hybridized carbons (Fsp3) is 0.444. The number of aromatic nitrogens is 2. The molecule has 1 aromatic carbocycles. The monoisotopic (exact) mass is 311 g/mol. The van der Waals surface area contributed by atoms with Gasteiger partial charge in [0.25, 0.3) is 0 Å². The Balaban J connectivity index is 1.78. The number of aromatic carboxylic acids is 1. The summed E-state index contributed by atoms with van der Waals surface area (Å²) in [4.78, 5) is 11.2. The second-order valence-corrected chi connectivity index (χ2v) is 6.80. The Kier molecular flexibility index (Phi) is 3.18. The molecule has 0 bridgehead atoms. The van der Waals surface area contributed by atoms with E-state index in [-0.39, 0.29) is 11.7 Å². The molecular weight excluding hydrogens is 290 g/mol. The summed E-state index contributed by atoms with van der Waals surface area (Å²) in [6.07, 6.45) is 3.61. The van der Waals surface area contributed by atoms with E-state index in [1.165, 1.54) is 36.1 Å². The summed E-state index contributed by atoms with van der Waals surface area (Å²) >= 11 is 0. The molecular formula is C18H21N3O2. The topological polar surface area (TPSA) is 67.1 Å². The van der Waals surface area contributed by atoms with E-state index in [2.05, 4.69) is 35.5 Å². The van der Waals surface area contributed by atoms with E-state index in [0.717, 1.165) is 5.69 Å². The van der Waals surface area contributed by atoms with Crippen molar-refractivity contribution in [3.05, 3.63) is 46.8 Å². The zero-order valence-electron chi connectivity index (χ0n) is 13.4. The fourth-order valence-corrected chi connectivity index (χ4v) is 4.34. The Morgan fingerprint density at radius 1 is 1.35 bits per heavy atom. The molecule has 0 unspecified atom stereocenters. The maximum Gasteiger partial charge on any atom is 0.356 e. The van der Waals surface area contributed by atoms with Crippen LogP contribution in [-0.2, 0) is 7.05 Å². The van der Waals surface area contributed by atoms with Crippen LogP contribution in [0.2, 0.25) is 0 Å². The first-order valence-corrected chi connectivity index (χ1v) is 8.19. The van der Waals surface area contributed by atoms with Gasteiger partial charge in [-0.15, -0.1) is 0 Å². The predicted octanol–water partition coefficient (Wildman–Crippen LogP) is 3.48. The lowest BCUT2D eigenvalue weighted by atomic mass is 9.78. The highest BCUT2D eigenvalue weighted by atomic mass is 16.4. The first-order chi connectivity index (χ1) is 11.0. The number of carboxylic acids is 1. The summed E-state index contributed by atoms with van der Waals surface area (Å²) in [5, 5.41) is 17.0. The minimum absolute atomic E-state index is 0.119. The smallest absolute Gasteiger partial charge is 0.356 e. The molecule has 0 radical (unpaired) electrons. The van der Waals surface area contributed by atoms with E-state index in [4.69, 9.17) is 0 Å². The first kappa shape index (κ1) is 14.3. The number of fused-ring (bicyclic) bond motifs is 3. The van der Waals surface area contributed by atoms with Crippen molar-refractivity contribution < 1.29 is 9.90 Å². The van der Waals surface area contributed by atoms with Gasteiger partial charge in [0.05, 0.1) is 11.7 Å². The number of carbonyl (C=O) groups is 1. The first-order valence-electron chi connectivity index (χ1n) is 8.19. The van der Waals surface area contributed by atoms with Gasteiger partial charge in [0.15, 0.2) is 5.69 Å². The van der Waals surface area contributed by atoms with Crippen LogP contribution in [0, 0.1) is 12.8 Å². The van der Waals surface area contributed by atoms with Crippen molar-refractivity contribution in [3.8, 4) is 0 Å². The molecule has 2 aliphatic rings. The molecule has 1 aliphatic carbocycles. The van der Waals surface area contributed by atoms with Crippen LogP contribution >= 0.6 is 0 Å². The minimum atomic E-state index is -0.971. The molecule has 2 aromatic rings. The van der Waals surface area contributed by atoms with Crippen molar-refractivity contribution in [1.82, 2.24) is 9.78 Å². The molecule has 23 heavy (non-hydrogen) atoms. The number of hydrogen-bond donors (Lipinski definition) is 2. The van der Waals surface area contributed by atoms with Gasteiger partial charge in [-0.3, -0.25) is 4.68 Å². The highest BCUT2D eigenvalue weighted by Gasteiger charge is 2.41. The van der Waals surface area contributed by atoms with E-state index in [1.54, 1.807) is 10.7 Å². The third-order valence-electron chi connectivity index (χ3n) is 5.37. The standard InChI is InChI=1S/C18H21N3O2/c1-10-6-7-14-13(8-10)11-4-3-5-12(11)17(19-14)16-9-15(18(22)23)20-21(16)2/h6-9,11-12,17,19H,3-5H2,1-2H3,(H,22,23)/t11-,12+,17-/m1/s1. The van der Waals surface area contributed by atoms with Gasteiger partial charge in [-0.25, -0.2) is 4.79 Å². The SMILES string of the molecule is Cc1ccc2c(c1)[C@@H]1CCC[C@@H]1[C@H](c1cc(C(=O)O)nn1C)N2. The zero-order chi connectivity index (χ0) is 16.1. The van der Waals surface area contributed by atoms with Crippen LogP contribution in [0.1, 0.15) is 58.5 Å². The molecule has 120 valence electrons. The lowest BCUT2D eigenvalue weighted by Gasteiger charge is -2.37. The van der Waals surface area contributed by atoms with Gasteiger partial charge < -0.3 is 10.4 Å². The number of nitrogens with one attached hydrogen (secondary N) is 1. The largest absolute Gasteiger partial charge is 0.476 e. The van der Waals surface area contributed by atoms with Crippen molar-refractivity contribution >= 4 is 11.7 Å². The van der Waals surface area contributed by atoms with Crippen LogP contribution in [-0.4, -0.2) is 20.9 Å². The van der Waals surface area contributed by atoms with Gasteiger partial charge in [0.1, 0.15) is 0 Å². The van der Waals surface area contributed by atoms with Crippen molar-refractivity contribution in [2.24, 2.45) is 13.0 Å². The van der Waals surface area contributed by atoms with Crippen LogP contribution in [0.3, 0.4) is 0 Å². The van der Waals surface area contributed by atoms with Gasteiger partial charge in [0.2, 0.25) is 0 Å². The average molecular weight is 311 g/mol. The summed E-state index contributed by atoms with van der Waals surface area (Å²) in [6, 6.07) is 8.43. The third kappa shape index (κ3) is 2.22. The van der Waals surface area contributed by atoms with Crippen molar-refractivity contribution in [2.45, 2.75) is 38.1 Å². The average Bonchev–Trinajstić information content (AvgIpc) is 3.13. The second kappa shape index (κ2) is 5.11. The quantitative estimate of drug-likeness (QED) is 0.891. The molecule has 5 nitrogen and oxygen atoms in total. The second-order valence-electron chi connectivity index (χ2n) is 6.80. The molecule has 2 heterocycles. The van der Waals surface area contributed by atoms with E-state index in [0.29, 0.717) is 11.8 Å². The lowest BCUT2D eigenvalue weighted by molar-refractivity contribution is 0.0689. The fourth-order valence-electron chi connectivity index (χ4n) is 4.34. The Morgan fingerprint density at radius 2 is 2.17 bits per heavy atom. The Morgan fingerprint density at radius 3 is 2.91 bits per heavy atom. The Hall–Kier alpha value is -2.30. The molecule has 0 amide bonds. The maximum atomic E-state index is 11.2. The Labute approximate surface area is 135 Å². The van der Waals surface area contributed by atoms with Gasteiger partial charge in [-0.2, -0.15) is 5.10 Å². The summed E-state index contributed by atoms with van der Waals surface area (Å²) in [5.41, 5.74) is 4.98. The predicted molar refractivity (Wildman–Crippen MR) is 87.8 cm³/mol. The van der Waals surface area contributed by atoms with Gasteiger partial charge in [0, 0.05) is 12.7 Å². The number of anilines is 1. The van der Waals surface area contributed by atoms with E-state index in [9.17, 15) is 9.90 Å². The van der Waals surface area contributed by atoms with Crippen LogP contribution in [0.4, 0.5) is 5.69 Å². The van der Waals surface area contributed by atoms with Crippen LogP contribution in [0.25, 0.3) is 0 Å². The number of aryl methyl sites for hydroxylation is 2. The molecule has 3 atom stereocenters. The summed E-state index contributed by atoms with van der Waals surface area (Å²) in [7, 11) is 1.83. The number of carboxylic acid groups (broad SMARTS) is 1. The molecule has 1 fully saturated rings. The summed E-state index contributed by atoms with van der Waals surface area (Å²) in [6.45, 7) is 2.14. The highest BCUT2D eigenvalue weighted by Crippen LogP contribution is 2.52. The van der Waals surface area contributed by atoms with E-state index in [1.807, 2.05) is 7.05 Å². The van der Waals surface area contributed by atoms with Crippen LogP contribution in [0.15, 0.2) is 24.3 Å². The lowest BCUT2D eigenvalue weighted by Crippen LogP contribution is -2.30. The maximum absolute atomic E-state index is 11.2. The minimum Gasteiger partial charge on any atom is -0.476 e. The van der Waals surface area contributed by atoms with Crippen molar-refractivity contribution in [1.29, 1.82) is 0 Å². The number of benzene rings is 1. The van der Waals surface area contributed by atoms with E-state index < -0.39 is 5.97 Å². The van der Waals surface area contributed by atoms with Gasteiger partial charge in [-0.1, -0.05) is 24.1 Å². The molecule has 1 saturated carbocycles. The van der Waals surface area contributed by atoms with Gasteiger partial charge >= 0.3 is 5.97 Å². The van der Waals surface area contributed by atoms with Crippen LogP contribution < -0.4 is 5.32 Å². The Bertz CT molecular complexity index is 781. The normalized spacial score (nSPS) is 25.6. The number of rotatable bonds is 2. The van der Waals surface area contributed by atoms with Gasteiger partial charge in [-0.05, 0) is 49.3 Å². The molecule has 1 aliphatic heterocycles. The molecule has 5 heteroatoms. The number of nitrogens with zero attached hydrogens (tertiary/aromatic N) is 2. The zero-order valence-corrected chi connectivity index (χ0v) is 13.4. The highest BCUT2D eigenvalue weighted by molar-refractivity contribution is 5.85.